The first-order valence-electron chi connectivity index (χ1n) is 14.7. The van der Waals surface area contributed by atoms with Crippen molar-refractivity contribution in [2.24, 2.45) is 11.7 Å². The molecule has 6 atom stereocenters. The molecule has 6 unspecified atom stereocenters. The first-order chi connectivity index (χ1) is 21.0. The normalized spacial score (nSPS) is 15.6. The van der Waals surface area contributed by atoms with Gasteiger partial charge in [-0.1, -0.05) is 56.7 Å². The lowest BCUT2D eigenvalue weighted by atomic mass is 9.96. The summed E-state index contributed by atoms with van der Waals surface area (Å²) in [4.78, 5) is 58.4. The van der Waals surface area contributed by atoms with Crippen LogP contribution in [0, 0.1) is 5.92 Å². The highest BCUT2D eigenvalue weighted by molar-refractivity contribution is 5.95. The summed E-state index contributed by atoms with van der Waals surface area (Å²) in [5.41, 5.74) is 9.75. The molecule has 3 amide bonds. The second-order valence-corrected chi connectivity index (χ2v) is 11.2. The number of aromatic nitrogens is 2. The Bertz CT molecular complexity index is 1630. The molecule has 0 fully saturated rings. The number of rotatable bonds is 14. The summed E-state index contributed by atoms with van der Waals surface area (Å²) in [6.07, 6.45) is 3.02. The number of aliphatic hydroxyl groups excluding tert-OH is 1. The molecule has 234 valence electrons. The van der Waals surface area contributed by atoms with Crippen LogP contribution in [0.3, 0.4) is 0 Å². The van der Waals surface area contributed by atoms with Crippen molar-refractivity contribution in [1.29, 1.82) is 0 Å². The lowest BCUT2D eigenvalue weighted by molar-refractivity contribution is -0.145. The van der Waals surface area contributed by atoms with Crippen LogP contribution in [-0.2, 0) is 32.0 Å². The fourth-order valence-electron chi connectivity index (χ4n) is 5.23. The standard InChI is InChI=1S/C32H40N6O6/c1-4-17(2)27(31(42)38-28(18(3)39)32(43)44)37-30(41)26(14-20-16-35-25-12-8-6-10-22(20)25)36-29(40)23(33)13-19-15-34-24-11-7-5-9-21(19)24/h5-12,15-18,23,26-28,34-35,39H,4,13-14,33H2,1-3H3,(H,36,40)(H,37,41)(H,38,42)(H,43,44). The minimum Gasteiger partial charge on any atom is -0.480 e. The minimum atomic E-state index is -1.56. The zero-order chi connectivity index (χ0) is 32.0. The molecular formula is C32H40N6O6. The zero-order valence-electron chi connectivity index (χ0n) is 25.0. The van der Waals surface area contributed by atoms with Gasteiger partial charge in [0.25, 0.3) is 0 Å². The Hall–Kier alpha value is -4.68. The predicted octanol–water partition coefficient (Wildman–Crippen LogP) is 1.73. The molecule has 2 aromatic heterocycles. The van der Waals surface area contributed by atoms with E-state index in [1.807, 2.05) is 55.5 Å². The van der Waals surface area contributed by atoms with Gasteiger partial charge in [-0.05, 0) is 42.5 Å². The van der Waals surface area contributed by atoms with Gasteiger partial charge >= 0.3 is 5.97 Å². The van der Waals surface area contributed by atoms with Gasteiger partial charge in [-0.15, -0.1) is 0 Å². The maximum atomic E-state index is 13.8. The molecule has 12 nitrogen and oxygen atoms in total. The number of H-pyrrole nitrogens is 2. The number of carboxylic acids is 1. The van der Waals surface area contributed by atoms with E-state index in [0.29, 0.717) is 6.42 Å². The van der Waals surface area contributed by atoms with E-state index in [4.69, 9.17) is 5.73 Å². The van der Waals surface area contributed by atoms with Crippen molar-refractivity contribution in [2.75, 3.05) is 0 Å². The number of hydrogen-bond donors (Lipinski definition) is 8. The summed E-state index contributed by atoms with van der Waals surface area (Å²) in [6, 6.07) is 10.4. The molecule has 0 saturated heterocycles. The molecule has 4 aromatic rings. The molecular weight excluding hydrogens is 564 g/mol. The van der Waals surface area contributed by atoms with E-state index in [1.54, 1.807) is 19.3 Å². The van der Waals surface area contributed by atoms with Crippen LogP contribution in [0.15, 0.2) is 60.9 Å². The molecule has 9 N–H and O–H groups in total. The SMILES string of the molecule is CCC(C)C(NC(=O)C(Cc1c[nH]c2ccccc12)NC(=O)C(N)Cc1c[nH]c2ccccc12)C(=O)NC(C(=O)O)C(C)O. The molecule has 4 rings (SSSR count). The fraction of sp³-hybridized carbons (Fsp3) is 0.375. The quantitative estimate of drug-likeness (QED) is 0.107. The molecule has 2 heterocycles. The Morgan fingerprint density at radius 2 is 1.30 bits per heavy atom. The van der Waals surface area contributed by atoms with Crippen LogP contribution in [0.25, 0.3) is 21.8 Å². The first-order valence-corrected chi connectivity index (χ1v) is 14.7. The third-order valence-corrected chi connectivity index (χ3v) is 8.02. The van der Waals surface area contributed by atoms with Crippen LogP contribution < -0.4 is 21.7 Å². The number of carbonyl (C=O) groups is 4. The number of carboxylic acid groups (broad SMARTS) is 1. The molecule has 2 aromatic carbocycles. The smallest absolute Gasteiger partial charge is 0.328 e. The van der Waals surface area contributed by atoms with Crippen molar-refractivity contribution >= 4 is 45.5 Å². The largest absolute Gasteiger partial charge is 0.480 e. The Kier molecular flexibility index (Phi) is 10.4. The summed E-state index contributed by atoms with van der Waals surface area (Å²) in [5, 5.41) is 29.0. The van der Waals surface area contributed by atoms with E-state index in [2.05, 4.69) is 25.9 Å². The molecule has 12 heteroatoms. The number of nitrogens with one attached hydrogen (secondary N) is 5. The summed E-state index contributed by atoms with van der Waals surface area (Å²) in [7, 11) is 0. The topological polar surface area (TPSA) is 202 Å². The van der Waals surface area contributed by atoms with E-state index < -0.39 is 59.9 Å². The van der Waals surface area contributed by atoms with Gasteiger partial charge in [0.1, 0.15) is 12.1 Å². The number of para-hydroxylation sites is 2. The number of amides is 3. The molecule has 0 spiro atoms. The molecule has 0 aliphatic rings. The van der Waals surface area contributed by atoms with Crippen LogP contribution in [0.1, 0.15) is 38.3 Å². The monoisotopic (exact) mass is 604 g/mol. The van der Waals surface area contributed by atoms with Gasteiger partial charge in [0.2, 0.25) is 17.7 Å². The zero-order valence-corrected chi connectivity index (χ0v) is 25.0. The molecule has 44 heavy (non-hydrogen) atoms. The van der Waals surface area contributed by atoms with Crippen molar-refractivity contribution in [3.8, 4) is 0 Å². The Balaban J connectivity index is 1.57. The van der Waals surface area contributed by atoms with E-state index in [9.17, 15) is 29.4 Å². The number of carbonyl (C=O) groups excluding carboxylic acids is 3. The van der Waals surface area contributed by atoms with Gasteiger partial charge < -0.3 is 41.9 Å². The van der Waals surface area contributed by atoms with Crippen LogP contribution in [0.4, 0.5) is 0 Å². The molecule has 0 aliphatic carbocycles. The van der Waals surface area contributed by atoms with Gasteiger partial charge in [0, 0.05) is 40.6 Å². The highest BCUT2D eigenvalue weighted by Gasteiger charge is 2.34. The van der Waals surface area contributed by atoms with E-state index in [0.717, 1.165) is 32.9 Å². The van der Waals surface area contributed by atoms with Crippen molar-refractivity contribution in [3.05, 3.63) is 72.1 Å². The van der Waals surface area contributed by atoms with Crippen LogP contribution in [0.2, 0.25) is 0 Å². The lowest BCUT2D eigenvalue weighted by Gasteiger charge is -2.28. The predicted molar refractivity (Wildman–Crippen MR) is 167 cm³/mol. The summed E-state index contributed by atoms with van der Waals surface area (Å²) in [5.74, 6) is -3.73. The highest BCUT2D eigenvalue weighted by atomic mass is 16.4. The maximum absolute atomic E-state index is 13.8. The second-order valence-electron chi connectivity index (χ2n) is 11.2. The minimum absolute atomic E-state index is 0.0989. The van der Waals surface area contributed by atoms with Crippen molar-refractivity contribution in [3.63, 3.8) is 0 Å². The summed E-state index contributed by atoms with van der Waals surface area (Å²) < 4.78 is 0. The van der Waals surface area contributed by atoms with E-state index in [-0.39, 0.29) is 12.8 Å². The van der Waals surface area contributed by atoms with Gasteiger partial charge in [-0.3, -0.25) is 14.4 Å². The fourth-order valence-corrected chi connectivity index (χ4v) is 5.23. The number of aliphatic hydroxyl groups is 1. The number of aliphatic carboxylic acids is 1. The number of fused-ring (bicyclic) bond motifs is 2. The third-order valence-electron chi connectivity index (χ3n) is 8.02. The van der Waals surface area contributed by atoms with Gasteiger partial charge in [-0.2, -0.15) is 0 Å². The molecule has 0 bridgehead atoms. The second kappa shape index (κ2) is 14.2. The Morgan fingerprint density at radius 1 is 0.773 bits per heavy atom. The molecule has 0 radical (unpaired) electrons. The Labute approximate surface area is 254 Å². The number of benzene rings is 2. The average molecular weight is 605 g/mol. The number of nitrogens with two attached hydrogens (primary N) is 1. The molecule has 0 saturated carbocycles. The van der Waals surface area contributed by atoms with Crippen molar-refractivity contribution in [1.82, 2.24) is 25.9 Å². The third kappa shape index (κ3) is 7.44. The van der Waals surface area contributed by atoms with Crippen molar-refractivity contribution in [2.45, 2.75) is 70.3 Å². The van der Waals surface area contributed by atoms with Crippen LogP contribution >= 0.6 is 0 Å². The van der Waals surface area contributed by atoms with E-state index in [1.165, 1.54) is 6.92 Å². The Morgan fingerprint density at radius 3 is 1.82 bits per heavy atom. The van der Waals surface area contributed by atoms with Crippen LogP contribution in [0.5, 0.6) is 0 Å². The lowest BCUT2D eigenvalue weighted by Crippen LogP contribution is -2.60. The first kappa shape index (κ1) is 32.2. The summed E-state index contributed by atoms with van der Waals surface area (Å²) in [6.45, 7) is 4.82. The van der Waals surface area contributed by atoms with Crippen LogP contribution in [-0.4, -0.2) is 74.1 Å². The van der Waals surface area contributed by atoms with Gasteiger partial charge in [0.15, 0.2) is 6.04 Å². The number of aromatic amines is 2. The summed E-state index contributed by atoms with van der Waals surface area (Å²) >= 11 is 0. The average Bonchev–Trinajstić information content (AvgIpc) is 3.61. The number of hydrogen-bond acceptors (Lipinski definition) is 6. The van der Waals surface area contributed by atoms with E-state index >= 15 is 0 Å². The highest BCUT2D eigenvalue weighted by Crippen LogP contribution is 2.21. The maximum Gasteiger partial charge on any atom is 0.328 e. The van der Waals surface area contributed by atoms with Crippen molar-refractivity contribution < 1.29 is 29.4 Å². The van der Waals surface area contributed by atoms with Gasteiger partial charge in [-0.25, -0.2) is 4.79 Å². The molecule has 0 aliphatic heterocycles. The van der Waals surface area contributed by atoms with Gasteiger partial charge in [0.05, 0.1) is 12.1 Å².